The molecule has 0 aliphatic carbocycles. The first-order valence-electron chi connectivity index (χ1n) is 7.34. The minimum Gasteiger partial charge on any atom is -0.480 e. The normalized spacial score (nSPS) is 25.1. The number of urea groups is 1. The smallest absolute Gasteiger partial charge is 0.326 e. The number of hydrogen-bond acceptors (Lipinski definition) is 3. The minimum atomic E-state index is -0.885. The van der Waals surface area contributed by atoms with Crippen LogP contribution < -0.4 is 0 Å². The number of piperazine rings is 1. The van der Waals surface area contributed by atoms with Crippen molar-refractivity contribution in [3.8, 4) is 0 Å². The van der Waals surface area contributed by atoms with Crippen molar-refractivity contribution in [2.45, 2.75) is 45.2 Å². The molecule has 2 heterocycles. The molecule has 2 rings (SSSR count). The topological polar surface area (TPSA) is 64.1 Å². The van der Waals surface area contributed by atoms with Crippen LogP contribution in [0.3, 0.4) is 0 Å². The Kier molecular flexibility index (Phi) is 4.22. The zero-order chi connectivity index (χ0) is 14.9. The van der Waals surface area contributed by atoms with Crippen LogP contribution in [0.5, 0.6) is 0 Å². The third-order valence-electron chi connectivity index (χ3n) is 4.28. The fraction of sp³-hybridized carbons (Fsp3) is 0.857. The van der Waals surface area contributed by atoms with Crippen LogP contribution in [0.1, 0.15) is 33.6 Å². The zero-order valence-corrected chi connectivity index (χ0v) is 12.6. The molecule has 2 amide bonds. The highest BCUT2D eigenvalue weighted by Crippen LogP contribution is 2.21. The Hall–Kier alpha value is -1.30. The van der Waals surface area contributed by atoms with Crippen LogP contribution in [0.15, 0.2) is 0 Å². The van der Waals surface area contributed by atoms with Gasteiger partial charge in [0.2, 0.25) is 0 Å². The average Bonchev–Trinajstić information content (AvgIpc) is 2.86. The van der Waals surface area contributed by atoms with Gasteiger partial charge in [0.1, 0.15) is 6.04 Å². The highest BCUT2D eigenvalue weighted by atomic mass is 16.4. The zero-order valence-electron chi connectivity index (χ0n) is 12.6. The molecule has 2 saturated heterocycles. The Bertz CT molecular complexity index is 384. The van der Waals surface area contributed by atoms with Gasteiger partial charge in [-0.25, -0.2) is 9.59 Å². The molecule has 0 aromatic heterocycles. The van der Waals surface area contributed by atoms with Crippen molar-refractivity contribution in [2.75, 3.05) is 32.7 Å². The van der Waals surface area contributed by atoms with E-state index in [1.807, 2.05) is 0 Å². The maximum atomic E-state index is 12.4. The summed E-state index contributed by atoms with van der Waals surface area (Å²) in [5, 5.41) is 9.16. The molecular formula is C14H25N3O3. The van der Waals surface area contributed by atoms with Gasteiger partial charge in [0.25, 0.3) is 0 Å². The summed E-state index contributed by atoms with van der Waals surface area (Å²) >= 11 is 0. The summed E-state index contributed by atoms with van der Waals surface area (Å²) in [5.41, 5.74) is 0.117. The molecule has 2 aliphatic heterocycles. The van der Waals surface area contributed by atoms with Crippen LogP contribution >= 0.6 is 0 Å². The molecule has 0 radical (unpaired) electrons. The van der Waals surface area contributed by atoms with Crippen LogP contribution in [0, 0.1) is 0 Å². The molecule has 0 bridgehead atoms. The third kappa shape index (κ3) is 3.06. The van der Waals surface area contributed by atoms with Gasteiger partial charge in [-0.1, -0.05) is 0 Å². The predicted molar refractivity (Wildman–Crippen MR) is 75.7 cm³/mol. The van der Waals surface area contributed by atoms with E-state index in [4.69, 9.17) is 5.11 Å². The Morgan fingerprint density at radius 1 is 1.05 bits per heavy atom. The average molecular weight is 283 g/mol. The fourth-order valence-electron chi connectivity index (χ4n) is 3.00. The Morgan fingerprint density at radius 3 is 2.15 bits per heavy atom. The maximum absolute atomic E-state index is 12.4. The molecule has 0 spiro atoms. The lowest BCUT2D eigenvalue weighted by atomic mass is 10.1. The standard InChI is InChI=1S/C14H25N3O3/c1-14(2,3)16-9-7-15(8-10-16)13(20)17-6-4-5-11(17)12(18)19/h11H,4-10H2,1-3H3,(H,18,19)/t11-/m1/s1. The second-order valence-corrected chi connectivity index (χ2v) is 6.62. The van der Waals surface area contributed by atoms with Gasteiger partial charge >= 0.3 is 12.0 Å². The number of rotatable bonds is 1. The first-order valence-corrected chi connectivity index (χ1v) is 7.34. The van der Waals surface area contributed by atoms with Crippen molar-refractivity contribution in [2.24, 2.45) is 0 Å². The predicted octanol–water partition coefficient (Wildman–Crippen LogP) is 1.07. The molecule has 1 N–H and O–H groups in total. The molecule has 2 fully saturated rings. The first kappa shape index (κ1) is 15.1. The van der Waals surface area contributed by atoms with Gasteiger partial charge in [0.15, 0.2) is 0 Å². The van der Waals surface area contributed by atoms with Gasteiger partial charge in [-0.3, -0.25) is 4.90 Å². The number of amides is 2. The van der Waals surface area contributed by atoms with E-state index < -0.39 is 12.0 Å². The quantitative estimate of drug-likeness (QED) is 0.782. The van der Waals surface area contributed by atoms with E-state index in [1.54, 1.807) is 4.90 Å². The summed E-state index contributed by atoms with van der Waals surface area (Å²) in [6.07, 6.45) is 1.35. The Labute approximate surface area is 120 Å². The van der Waals surface area contributed by atoms with Gasteiger partial charge in [0, 0.05) is 38.3 Å². The number of carbonyl (C=O) groups excluding carboxylic acids is 1. The monoisotopic (exact) mass is 283 g/mol. The molecule has 6 heteroatoms. The second kappa shape index (κ2) is 5.60. The number of nitrogens with zero attached hydrogens (tertiary/aromatic N) is 3. The van der Waals surface area contributed by atoms with Gasteiger partial charge < -0.3 is 14.9 Å². The molecule has 6 nitrogen and oxygen atoms in total. The Morgan fingerprint density at radius 2 is 1.65 bits per heavy atom. The van der Waals surface area contributed by atoms with Crippen LogP contribution in [-0.4, -0.2) is 76.1 Å². The number of carboxylic acids is 1. The van der Waals surface area contributed by atoms with Crippen LogP contribution in [0.2, 0.25) is 0 Å². The summed E-state index contributed by atoms with van der Waals surface area (Å²) in [6, 6.07) is -0.744. The van der Waals surface area contributed by atoms with E-state index in [2.05, 4.69) is 25.7 Å². The molecule has 0 aromatic rings. The van der Waals surface area contributed by atoms with Gasteiger partial charge in [-0.05, 0) is 33.6 Å². The van der Waals surface area contributed by atoms with E-state index in [9.17, 15) is 9.59 Å². The second-order valence-electron chi connectivity index (χ2n) is 6.62. The molecule has 2 aliphatic rings. The summed E-state index contributed by atoms with van der Waals surface area (Å²) in [5.74, 6) is -0.885. The number of likely N-dealkylation sites (tertiary alicyclic amines) is 1. The van der Waals surface area contributed by atoms with Crippen molar-refractivity contribution in [3.63, 3.8) is 0 Å². The highest BCUT2D eigenvalue weighted by Gasteiger charge is 2.37. The fourth-order valence-corrected chi connectivity index (χ4v) is 3.00. The lowest BCUT2D eigenvalue weighted by Gasteiger charge is -2.43. The van der Waals surface area contributed by atoms with Crippen LogP contribution in [0.4, 0.5) is 4.79 Å². The van der Waals surface area contributed by atoms with Gasteiger partial charge in [-0.15, -0.1) is 0 Å². The van der Waals surface area contributed by atoms with Crippen molar-refractivity contribution in [3.05, 3.63) is 0 Å². The molecule has 1 atom stereocenters. The summed E-state index contributed by atoms with van der Waals surface area (Å²) in [7, 11) is 0. The van der Waals surface area contributed by atoms with Crippen molar-refractivity contribution >= 4 is 12.0 Å². The molecular weight excluding hydrogens is 258 g/mol. The number of hydrogen-bond donors (Lipinski definition) is 1. The third-order valence-corrected chi connectivity index (χ3v) is 4.28. The highest BCUT2D eigenvalue weighted by molar-refractivity contribution is 5.83. The lowest BCUT2D eigenvalue weighted by Crippen LogP contribution is -2.57. The minimum absolute atomic E-state index is 0.108. The lowest BCUT2D eigenvalue weighted by molar-refractivity contribution is -0.141. The van der Waals surface area contributed by atoms with E-state index in [-0.39, 0.29) is 11.6 Å². The molecule has 0 unspecified atom stereocenters. The van der Waals surface area contributed by atoms with E-state index in [0.717, 1.165) is 19.5 Å². The number of carboxylic acid groups (broad SMARTS) is 1. The van der Waals surface area contributed by atoms with E-state index in [0.29, 0.717) is 26.1 Å². The Balaban J connectivity index is 1.93. The number of aliphatic carboxylic acids is 1. The molecule has 114 valence electrons. The van der Waals surface area contributed by atoms with Crippen molar-refractivity contribution < 1.29 is 14.7 Å². The number of carbonyl (C=O) groups is 2. The van der Waals surface area contributed by atoms with Crippen molar-refractivity contribution in [1.82, 2.24) is 14.7 Å². The maximum Gasteiger partial charge on any atom is 0.326 e. The first-order chi connectivity index (χ1) is 9.30. The molecule has 0 aromatic carbocycles. The van der Waals surface area contributed by atoms with Gasteiger partial charge in [-0.2, -0.15) is 0 Å². The van der Waals surface area contributed by atoms with E-state index >= 15 is 0 Å². The summed E-state index contributed by atoms with van der Waals surface area (Å²) in [6.45, 7) is 10.1. The molecule has 0 saturated carbocycles. The van der Waals surface area contributed by atoms with Gasteiger partial charge in [0.05, 0.1) is 0 Å². The SMILES string of the molecule is CC(C)(C)N1CCN(C(=O)N2CCC[C@@H]2C(=O)O)CC1. The van der Waals surface area contributed by atoms with E-state index in [1.165, 1.54) is 4.90 Å². The van der Waals surface area contributed by atoms with Crippen LogP contribution in [-0.2, 0) is 4.79 Å². The largest absolute Gasteiger partial charge is 0.480 e. The summed E-state index contributed by atoms with van der Waals surface area (Å²) in [4.78, 5) is 29.3. The van der Waals surface area contributed by atoms with Crippen molar-refractivity contribution in [1.29, 1.82) is 0 Å². The molecule has 20 heavy (non-hydrogen) atoms. The van der Waals surface area contributed by atoms with Crippen LogP contribution in [0.25, 0.3) is 0 Å². The summed E-state index contributed by atoms with van der Waals surface area (Å²) < 4.78 is 0.